The Balaban J connectivity index is 2.21. The normalized spacial score (nSPS) is 10.8. The first kappa shape index (κ1) is 15.5. The number of carbonyl (C=O) groups excluding carboxylic acids is 1. The molecule has 2 rings (SSSR count). The fraction of sp³-hybridized carbons (Fsp3) is 0. The largest absolute Gasteiger partial charge is 0.320 e. The Labute approximate surface area is 139 Å². The molecule has 0 aromatic heterocycles. The molecular formula is C16H10Br2N2O. The second-order valence-corrected chi connectivity index (χ2v) is 5.93. The van der Waals surface area contributed by atoms with Gasteiger partial charge in [-0.15, -0.1) is 0 Å². The van der Waals surface area contributed by atoms with Gasteiger partial charge in [-0.25, -0.2) is 0 Å². The average molecular weight is 406 g/mol. The Hall–Kier alpha value is -1.90. The number of carbonyl (C=O) groups is 1. The topological polar surface area (TPSA) is 52.9 Å². The Bertz CT molecular complexity index is 731. The maximum atomic E-state index is 12.1. The van der Waals surface area contributed by atoms with E-state index in [2.05, 4.69) is 37.2 Å². The number of nitrogens with zero attached hydrogens (tertiary/aromatic N) is 1. The van der Waals surface area contributed by atoms with Gasteiger partial charge in [-0.2, -0.15) is 5.26 Å². The highest BCUT2D eigenvalue weighted by atomic mass is 79.9. The molecule has 0 heterocycles. The second kappa shape index (κ2) is 7.21. The van der Waals surface area contributed by atoms with Crippen LogP contribution in [0.25, 0.3) is 6.08 Å². The van der Waals surface area contributed by atoms with Crippen molar-refractivity contribution in [3.8, 4) is 6.07 Å². The van der Waals surface area contributed by atoms with E-state index in [4.69, 9.17) is 5.26 Å². The third kappa shape index (κ3) is 4.28. The molecule has 0 spiro atoms. The molecule has 2 aromatic carbocycles. The van der Waals surface area contributed by atoms with Crippen molar-refractivity contribution < 1.29 is 4.79 Å². The maximum Gasteiger partial charge on any atom is 0.266 e. The van der Waals surface area contributed by atoms with Gasteiger partial charge in [-0.3, -0.25) is 4.79 Å². The summed E-state index contributed by atoms with van der Waals surface area (Å²) in [7, 11) is 0. The Morgan fingerprint density at radius 2 is 1.76 bits per heavy atom. The molecule has 0 bridgehead atoms. The summed E-state index contributed by atoms with van der Waals surface area (Å²) in [6.45, 7) is 0. The first-order valence-electron chi connectivity index (χ1n) is 6.03. The highest BCUT2D eigenvalue weighted by Crippen LogP contribution is 2.22. The van der Waals surface area contributed by atoms with Crippen molar-refractivity contribution >= 4 is 49.5 Å². The smallest absolute Gasteiger partial charge is 0.266 e. The first-order valence-corrected chi connectivity index (χ1v) is 7.62. The van der Waals surface area contributed by atoms with E-state index in [0.717, 1.165) is 14.5 Å². The minimum absolute atomic E-state index is 0.0491. The molecule has 0 aliphatic rings. The fourth-order valence-electron chi connectivity index (χ4n) is 1.63. The van der Waals surface area contributed by atoms with Gasteiger partial charge in [0.25, 0.3) is 5.91 Å². The summed E-state index contributed by atoms with van der Waals surface area (Å²) in [5, 5.41) is 11.9. The van der Waals surface area contributed by atoms with Crippen LogP contribution in [-0.2, 0) is 4.79 Å². The zero-order valence-electron chi connectivity index (χ0n) is 10.8. The standard InChI is InChI=1S/C16H10Br2N2O/c17-13-7-5-11(6-8-13)9-12(10-19)16(21)20-15-4-2-1-3-14(15)18/h1-9H,(H,20,21)/b12-9+. The number of benzene rings is 2. The van der Waals surface area contributed by atoms with Crippen LogP contribution >= 0.6 is 31.9 Å². The van der Waals surface area contributed by atoms with Crippen LogP contribution < -0.4 is 5.32 Å². The van der Waals surface area contributed by atoms with Gasteiger partial charge in [0.1, 0.15) is 11.6 Å². The van der Waals surface area contributed by atoms with Crippen molar-refractivity contribution in [3.63, 3.8) is 0 Å². The van der Waals surface area contributed by atoms with E-state index in [9.17, 15) is 4.79 Å². The molecule has 0 aliphatic carbocycles. The third-order valence-electron chi connectivity index (χ3n) is 2.67. The maximum absolute atomic E-state index is 12.1. The summed E-state index contributed by atoms with van der Waals surface area (Å²) in [6, 6.07) is 16.5. The van der Waals surface area contributed by atoms with Gasteiger partial charge < -0.3 is 5.32 Å². The van der Waals surface area contributed by atoms with Crippen LogP contribution in [0.5, 0.6) is 0 Å². The average Bonchev–Trinajstić information content (AvgIpc) is 2.49. The van der Waals surface area contributed by atoms with Crippen LogP contribution in [-0.4, -0.2) is 5.91 Å². The van der Waals surface area contributed by atoms with Gasteiger partial charge in [0.05, 0.1) is 5.69 Å². The van der Waals surface area contributed by atoms with Crippen LogP contribution in [0.2, 0.25) is 0 Å². The molecule has 2 aromatic rings. The quantitative estimate of drug-likeness (QED) is 0.591. The molecule has 1 N–H and O–H groups in total. The van der Waals surface area contributed by atoms with E-state index >= 15 is 0 Å². The predicted octanol–water partition coefficient (Wildman–Crippen LogP) is 4.76. The van der Waals surface area contributed by atoms with Crippen molar-refractivity contribution in [3.05, 3.63) is 68.6 Å². The second-order valence-electron chi connectivity index (χ2n) is 4.16. The molecule has 0 saturated carbocycles. The third-order valence-corrected chi connectivity index (χ3v) is 3.89. The zero-order valence-corrected chi connectivity index (χ0v) is 14.0. The lowest BCUT2D eigenvalue weighted by molar-refractivity contribution is -0.112. The lowest BCUT2D eigenvalue weighted by atomic mass is 10.1. The summed E-state index contributed by atoms with van der Waals surface area (Å²) in [5.74, 6) is -0.438. The van der Waals surface area contributed by atoms with Gasteiger partial charge in [0.15, 0.2) is 0 Å². The summed E-state index contributed by atoms with van der Waals surface area (Å²) in [6.07, 6.45) is 1.55. The highest BCUT2D eigenvalue weighted by Gasteiger charge is 2.10. The molecule has 1 amide bonds. The van der Waals surface area contributed by atoms with Gasteiger partial charge in [0, 0.05) is 8.95 Å². The number of anilines is 1. The molecule has 0 unspecified atom stereocenters. The van der Waals surface area contributed by atoms with Crippen molar-refractivity contribution in [2.24, 2.45) is 0 Å². The van der Waals surface area contributed by atoms with E-state index < -0.39 is 5.91 Å². The summed E-state index contributed by atoms with van der Waals surface area (Å²) in [5.41, 5.74) is 1.46. The molecule has 0 atom stereocenters. The summed E-state index contributed by atoms with van der Waals surface area (Å²) >= 11 is 6.69. The molecule has 3 nitrogen and oxygen atoms in total. The lowest BCUT2D eigenvalue weighted by Crippen LogP contribution is -2.13. The van der Waals surface area contributed by atoms with Crippen molar-refractivity contribution in [1.29, 1.82) is 5.26 Å². The van der Waals surface area contributed by atoms with Crippen molar-refractivity contribution in [2.75, 3.05) is 5.32 Å². The van der Waals surface area contributed by atoms with Crippen LogP contribution in [0.4, 0.5) is 5.69 Å². The monoisotopic (exact) mass is 404 g/mol. The van der Waals surface area contributed by atoms with E-state index in [-0.39, 0.29) is 5.57 Å². The number of para-hydroxylation sites is 1. The molecule has 104 valence electrons. The Kier molecular flexibility index (Phi) is 5.32. The number of nitrogens with one attached hydrogen (secondary N) is 1. The van der Waals surface area contributed by atoms with Gasteiger partial charge in [-0.05, 0) is 51.8 Å². The summed E-state index contributed by atoms with van der Waals surface area (Å²) < 4.78 is 1.70. The van der Waals surface area contributed by atoms with Crippen LogP contribution in [0, 0.1) is 11.3 Å². The number of halogens is 2. The molecule has 5 heteroatoms. The number of amides is 1. The molecule has 21 heavy (non-hydrogen) atoms. The van der Waals surface area contributed by atoms with E-state index in [1.54, 1.807) is 12.1 Å². The minimum Gasteiger partial charge on any atom is -0.320 e. The predicted molar refractivity (Wildman–Crippen MR) is 90.5 cm³/mol. The van der Waals surface area contributed by atoms with Gasteiger partial charge in [-0.1, -0.05) is 40.2 Å². The lowest BCUT2D eigenvalue weighted by Gasteiger charge is -2.06. The Morgan fingerprint density at radius 3 is 2.38 bits per heavy atom. The molecule has 0 aliphatic heterocycles. The molecular weight excluding hydrogens is 396 g/mol. The van der Waals surface area contributed by atoms with Gasteiger partial charge >= 0.3 is 0 Å². The fourth-order valence-corrected chi connectivity index (χ4v) is 2.27. The van der Waals surface area contributed by atoms with Crippen molar-refractivity contribution in [1.82, 2.24) is 0 Å². The van der Waals surface area contributed by atoms with E-state index in [1.165, 1.54) is 0 Å². The Morgan fingerprint density at radius 1 is 1.10 bits per heavy atom. The van der Waals surface area contributed by atoms with Crippen LogP contribution in [0.1, 0.15) is 5.56 Å². The summed E-state index contributed by atoms with van der Waals surface area (Å²) in [4.78, 5) is 12.1. The van der Waals surface area contributed by atoms with Crippen LogP contribution in [0.15, 0.2) is 63.0 Å². The molecule has 0 radical (unpaired) electrons. The number of hydrogen-bond acceptors (Lipinski definition) is 2. The van der Waals surface area contributed by atoms with E-state index in [1.807, 2.05) is 48.5 Å². The minimum atomic E-state index is -0.438. The SMILES string of the molecule is N#C/C(=C\c1ccc(Br)cc1)C(=O)Nc1ccccc1Br. The van der Waals surface area contributed by atoms with Crippen LogP contribution in [0.3, 0.4) is 0 Å². The zero-order chi connectivity index (χ0) is 15.2. The highest BCUT2D eigenvalue weighted by molar-refractivity contribution is 9.10. The van der Waals surface area contributed by atoms with Gasteiger partial charge in [0.2, 0.25) is 0 Å². The van der Waals surface area contributed by atoms with E-state index in [0.29, 0.717) is 5.69 Å². The molecule has 0 fully saturated rings. The van der Waals surface area contributed by atoms with Crippen molar-refractivity contribution in [2.45, 2.75) is 0 Å². The first-order chi connectivity index (χ1) is 10.1. The number of rotatable bonds is 3. The molecule has 0 saturated heterocycles. The number of nitriles is 1. The number of hydrogen-bond donors (Lipinski definition) is 1.